The fourth-order valence-electron chi connectivity index (χ4n) is 3.42. The van der Waals surface area contributed by atoms with E-state index in [0.717, 1.165) is 37.0 Å². The van der Waals surface area contributed by atoms with Crippen LogP contribution in [0.3, 0.4) is 0 Å². The van der Waals surface area contributed by atoms with Crippen LogP contribution in [0.1, 0.15) is 32.1 Å². The average molecular weight is 297 g/mol. The van der Waals surface area contributed by atoms with E-state index in [0.29, 0.717) is 17.5 Å². The Morgan fingerprint density at radius 2 is 2.25 bits per heavy atom. The molecule has 0 spiro atoms. The SMILES string of the molecule is O=C(O)C1CC2CCCCC2N1c1ncc([N+](=O)[O-])s1. The van der Waals surface area contributed by atoms with Crippen molar-refractivity contribution < 1.29 is 14.8 Å². The summed E-state index contributed by atoms with van der Waals surface area (Å²) in [5.41, 5.74) is 0. The predicted octanol–water partition coefficient (Wildman–Crippen LogP) is 2.27. The summed E-state index contributed by atoms with van der Waals surface area (Å²) in [5.74, 6) is -0.495. The second-order valence-electron chi connectivity index (χ2n) is 5.35. The van der Waals surface area contributed by atoms with E-state index >= 15 is 0 Å². The Kier molecular flexibility index (Phi) is 3.33. The predicted molar refractivity (Wildman–Crippen MR) is 73.0 cm³/mol. The molecule has 1 saturated heterocycles. The molecule has 2 aliphatic rings. The lowest BCUT2D eigenvalue weighted by molar-refractivity contribution is -0.380. The summed E-state index contributed by atoms with van der Waals surface area (Å²) in [4.78, 5) is 27.7. The molecule has 2 fully saturated rings. The highest BCUT2D eigenvalue weighted by atomic mass is 32.1. The number of carboxylic acid groups (broad SMARTS) is 1. The van der Waals surface area contributed by atoms with Gasteiger partial charge in [-0.25, -0.2) is 9.78 Å². The molecule has 2 heterocycles. The quantitative estimate of drug-likeness (QED) is 0.679. The molecule has 0 amide bonds. The number of thiazole rings is 1. The Bertz CT molecular complexity index is 547. The third-order valence-electron chi connectivity index (χ3n) is 4.26. The monoisotopic (exact) mass is 297 g/mol. The summed E-state index contributed by atoms with van der Waals surface area (Å²) >= 11 is 0.968. The number of carboxylic acids is 1. The number of aliphatic carboxylic acids is 1. The van der Waals surface area contributed by atoms with Crippen LogP contribution in [0, 0.1) is 16.0 Å². The molecule has 8 heteroatoms. The topological polar surface area (TPSA) is 96.6 Å². The van der Waals surface area contributed by atoms with Gasteiger partial charge in [0.1, 0.15) is 12.2 Å². The second kappa shape index (κ2) is 5.01. The zero-order chi connectivity index (χ0) is 14.3. The van der Waals surface area contributed by atoms with Crippen molar-refractivity contribution in [2.75, 3.05) is 4.90 Å². The summed E-state index contributed by atoms with van der Waals surface area (Å²) in [6, 6.07) is -0.440. The van der Waals surface area contributed by atoms with Gasteiger partial charge in [0, 0.05) is 6.04 Å². The van der Waals surface area contributed by atoms with Gasteiger partial charge in [0.25, 0.3) is 0 Å². The lowest BCUT2D eigenvalue weighted by Crippen LogP contribution is -2.42. The van der Waals surface area contributed by atoms with Gasteiger partial charge in [-0.15, -0.1) is 0 Å². The van der Waals surface area contributed by atoms with E-state index in [-0.39, 0.29) is 11.0 Å². The lowest BCUT2D eigenvalue weighted by Gasteiger charge is -2.32. The summed E-state index contributed by atoms with van der Waals surface area (Å²) in [7, 11) is 0. The Hall–Kier alpha value is -1.70. The van der Waals surface area contributed by atoms with Crippen LogP contribution >= 0.6 is 11.3 Å². The average Bonchev–Trinajstić information content (AvgIpc) is 3.02. The van der Waals surface area contributed by atoms with E-state index in [2.05, 4.69) is 4.98 Å². The maximum atomic E-state index is 11.5. The van der Waals surface area contributed by atoms with Gasteiger partial charge < -0.3 is 10.0 Å². The van der Waals surface area contributed by atoms with Gasteiger partial charge in [-0.2, -0.15) is 0 Å². The molecule has 1 aliphatic carbocycles. The van der Waals surface area contributed by atoms with Crippen molar-refractivity contribution in [1.82, 2.24) is 4.98 Å². The number of nitrogens with zero attached hydrogens (tertiary/aromatic N) is 3. The summed E-state index contributed by atoms with van der Waals surface area (Å²) in [6.45, 7) is 0. The number of nitro groups is 1. The molecule has 7 nitrogen and oxygen atoms in total. The van der Waals surface area contributed by atoms with E-state index in [1.54, 1.807) is 0 Å². The Balaban J connectivity index is 1.93. The molecule has 3 unspecified atom stereocenters. The Labute approximate surface area is 119 Å². The highest BCUT2D eigenvalue weighted by Gasteiger charge is 2.46. The molecule has 1 N–H and O–H groups in total. The fraction of sp³-hybridized carbons (Fsp3) is 0.667. The minimum Gasteiger partial charge on any atom is -0.480 e. The van der Waals surface area contributed by atoms with Crippen LogP contribution in [0.25, 0.3) is 0 Å². The van der Waals surface area contributed by atoms with Gasteiger partial charge in [-0.1, -0.05) is 12.8 Å². The third kappa shape index (κ3) is 2.13. The molecule has 0 bridgehead atoms. The molecular weight excluding hydrogens is 282 g/mol. The zero-order valence-corrected chi connectivity index (χ0v) is 11.6. The Morgan fingerprint density at radius 3 is 2.90 bits per heavy atom. The first-order valence-corrected chi connectivity index (χ1v) is 7.51. The molecule has 3 rings (SSSR count). The van der Waals surface area contributed by atoms with Gasteiger partial charge in [-0.05, 0) is 36.5 Å². The smallest absolute Gasteiger partial charge is 0.345 e. The molecule has 1 aliphatic heterocycles. The first kappa shape index (κ1) is 13.3. The zero-order valence-electron chi connectivity index (χ0n) is 10.8. The van der Waals surface area contributed by atoms with Crippen molar-refractivity contribution in [2.45, 2.75) is 44.2 Å². The van der Waals surface area contributed by atoms with Crippen molar-refractivity contribution in [2.24, 2.45) is 5.92 Å². The molecule has 0 radical (unpaired) electrons. The first-order valence-electron chi connectivity index (χ1n) is 6.69. The van der Waals surface area contributed by atoms with Crippen molar-refractivity contribution in [1.29, 1.82) is 0 Å². The largest absolute Gasteiger partial charge is 0.480 e. The van der Waals surface area contributed by atoms with Gasteiger partial charge in [0.15, 0.2) is 5.13 Å². The minimum absolute atomic E-state index is 0.0385. The van der Waals surface area contributed by atoms with Crippen molar-refractivity contribution >= 4 is 27.4 Å². The van der Waals surface area contributed by atoms with Gasteiger partial charge in [0.05, 0.1) is 4.92 Å². The lowest BCUT2D eigenvalue weighted by atomic mass is 9.85. The molecule has 1 saturated carbocycles. The summed E-state index contributed by atoms with van der Waals surface area (Å²) in [6.07, 6.45) is 6.04. The Morgan fingerprint density at radius 1 is 1.50 bits per heavy atom. The molecule has 0 aromatic carbocycles. The van der Waals surface area contributed by atoms with Crippen LogP contribution in [-0.2, 0) is 4.79 Å². The van der Waals surface area contributed by atoms with E-state index in [4.69, 9.17) is 0 Å². The molecule has 108 valence electrons. The number of hydrogen-bond acceptors (Lipinski definition) is 6. The number of carbonyl (C=O) groups is 1. The maximum Gasteiger partial charge on any atom is 0.345 e. The molecule has 1 aromatic rings. The number of aromatic nitrogens is 1. The molecule has 3 atom stereocenters. The van der Waals surface area contributed by atoms with Crippen molar-refractivity contribution in [3.63, 3.8) is 0 Å². The molecule has 1 aromatic heterocycles. The standard InChI is InChI=1S/C12H15N3O4S/c16-11(17)9-5-7-3-1-2-4-8(7)14(9)12-13-6-10(20-12)15(18)19/h6-9H,1-5H2,(H,16,17). The van der Waals surface area contributed by atoms with E-state index in [1.807, 2.05) is 4.90 Å². The summed E-state index contributed by atoms with van der Waals surface area (Å²) < 4.78 is 0. The molecule has 20 heavy (non-hydrogen) atoms. The van der Waals surface area contributed by atoms with Crippen molar-refractivity contribution in [3.8, 4) is 0 Å². The van der Waals surface area contributed by atoms with Crippen LogP contribution < -0.4 is 4.90 Å². The maximum absolute atomic E-state index is 11.5. The normalized spacial score (nSPS) is 29.2. The van der Waals surface area contributed by atoms with E-state index in [1.165, 1.54) is 6.20 Å². The highest BCUT2D eigenvalue weighted by molar-refractivity contribution is 7.18. The number of rotatable bonds is 3. The fourth-order valence-corrected chi connectivity index (χ4v) is 4.26. The van der Waals surface area contributed by atoms with Crippen LogP contribution in [0.5, 0.6) is 0 Å². The van der Waals surface area contributed by atoms with Crippen LogP contribution in [-0.4, -0.2) is 33.1 Å². The van der Waals surface area contributed by atoms with Gasteiger partial charge >= 0.3 is 11.0 Å². The van der Waals surface area contributed by atoms with Crippen LogP contribution in [0.15, 0.2) is 6.20 Å². The first-order chi connectivity index (χ1) is 9.58. The van der Waals surface area contributed by atoms with Crippen molar-refractivity contribution in [3.05, 3.63) is 16.3 Å². The number of hydrogen-bond donors (Lipinski definition) is 1. The van der Waals surface area contributed by atoms with E-state index in [9.17, 15) is 20.0 Å². The highest BCUT2D eigenvalue weighted by Crippen LogP contribution is 2.44. The second-order valence-corrected chi connectivity index (χ2v) is 6.33. The minimum atomic E-state index is -0.864. The number of fused-ring (bicyclic) bond motifs is 1. The van der Waals surface area contributed by atoms with Crippen LogP contribution in [0.2, 0.25) is 0 Å². The third-order valence-corrected chi connectivity index (χ3v) is 5.22. The summed E-state index contributed by atoms with van der Waals surface area (Å²) in [5, 5.41) is 20.6. The van der Waals surface area contributed by atoms with E-state index < -0.39 is 16.9 Å². The van der Waals surface area contributed by atoms with Gasteiger partial charge in [0.2, 0.25) is 0 Å². The van der Waals surface area contributed by atoms with Crippen LogP contribution in [0.4, 0.5) is 10.1 Å². The molecular formula is C12H15N3O4S. The number of anilines is 1. The van der Waals surface area contributed by atoms with Gasteiger partial charge in [-0.3, -0.25) is 10.1 Å².